The predicted octanol–water partition coefficient (Wildman–Crippen LogP) is 3.16. The molecule has 0 bridgehead atoms. The van der Waals surface area contributed by atoms with E-state index in [9.17, 15) is 19.2 Å². The number of benzene rings is 2. The summed E-state index contributed by atoms with van der Waals surface area (Å²) < 4.78 is 11.1. The zero-order valence-corrected chi connectivity index (χ0v) is 18.2. The molecule has 0 radical (unpaired) electrons. The summed E-state index contributed by atoms with van der Waals surface area (Å²) in [6.07, 6.45) is 1.25. The molecule has 1 fully saturated rings. The lowest BCUT2D eigenvalue weighted by Crippen LogP contribution is -2.51. The van der Waals surface area contributed by atoms with Crippen LogP contribution >= 0.6 is 23.2 Å². The molecule has 0 saturated carbocycles. The second kappa shape index (κ2) is 10.2. The number of urea groups is 1. The molecule has 0 aromatic heterocycles. The summed E-state index contributed by atoms with van der Waals surface area (Å²) >= 11 is 12.3. The molecule has 1 saturated heterocycles. The largest absolute Gasteiger partial charge is 0.490 e. The van der Waals surface area contributed by atoms with Gasteiger partial charge in [-0.15, -0.1) is 0 Å². The van der Waals surface area contributed by atoms with Gasteiger partial charge in [0, 0.05) is 0 Å². The molecule has 2 aromatic rings. The molecule has 32 heavy (non-hydrogen) atoms. The van der Waals surface area contributed by atoms with E-state index in [0.29, 0.717) is 16.3 Å². The van der Waals surface area contributed by atoms with E-state index in [0.717, 1.165) is 0 Å². The number of imide groups is 2. The minimum absolute atomic E-state index is 0.0843. The molecule has 0 atom stereocenters. The Bertz CT molecular complexity index is 1110. The molecule has 11 heteroatoms. The van der Waals surface area contributed by atoms with Gasteiger partial charge in [0.25, 0.3) is 17.7 Å². The highest BCUT2D eigenvalue weighted by Crippen LogP contribution is 2.37. The smallest absolute Gasteiger partial charge is 0.328 e. The third-order valence-corrected chi connectivity index (χ3v) is 4.69. The van der Waals surface area contributed by atoms with Crippen molar-refractivity contribution in [3.05, 3.63) is 57.6 Å². The van der Waals surface area contributed by atoms with Crippen molar-refractivity contribution in [3.63, 3.8) is 0 Å². The predicted molar refractivity (Wildman–Crippen MR) is 118 cm³/mol. The summed E-state index contributed by atoms with van der Waals surface area (Å²) in [5.41, 5.74) is 0.500. The molecule has 0 spiro atoms. The number of rotatable bonds is 7. The van der Waals surface area contributed by atoms with E-state index < -0.39 is 23.8 Å². The molecule has 0 aliphatic carbocycles. The number of nitrogens with one attached hydrogen (secondary N) is 3. The maximum atomic E-state index is 12.2. The minimum Gasteiger partial charge on any atom is -0.490 e. The van der Waals surface area contributed by atoms with Crippen LogP contribution in [0.25, 0.3) is 6.08 Å². The van der Waals surface area contributed by atoms with Crippen molar-refractivity contribution in [1.82, 2.24) is 10.6 Å². The Labute approximate surface area is 192 Å². The number of amides is 5. The van der Waals surface area contributed by atoms with E-state index in [1.807, 2.05) is 10.6 Å². The summed E-state index contributed by atoms with van der Waals surface area (Å²) in [5.74, 6) is -1.85. The van der Waals surface area contributed by atoms with Crippen molar-refractivity contribution in [3.8, 4) is 11.5 Å². The Morgan fingerprint density at radius 2 is 1.72 bits per heavy atom. The monoisotopic (exact) mass is 477 g/mol. The maximum absolute atomic E-state index is 12.2. The first-order chi connectivity index (χ1) is 15.3. The number of hydrogen-bond donors (Lipinski definition) is 3. The molecule has 9 nitrogen and oxygen atoms in total. The summed E-state index contributed by atoms with van der Waals surface area (Å²) in [4.78, 5) is 47.3. The standard InChI is InChI=1S/C21H17Cl2N3O6/c1-2-31-16-9-11(7-12-19(28)25-21(30)26-20(12)29)8-14(23)18(16)32-10-17(27)24-15-6-4-3-5-13(15)22/h3-9H,2,10H2,1H3,(H,24,27)(H2,25,26,28,29,30). The lowest BCUT2D eigenvalue weighted by atomic mass is 10.1. The van der Waals surface area contributed by atoms with Crippen molar-refractivity contribution >= 4 is 58.7 Å². The highest BCUT2D eigenvalue weighted by atomic mass is 35.5. The van der Waals surface area contributed by atoms with Crippen molar-refractivity contribution in [2.45, 2.75) is 6.92 Å². The molecule has 1 heterocycles. The van der Waals surface area contributed by atoms with Gasteiger partial charge in [-0.3, -0.25) is 25.0 Å². The number of carbonyl (C=O) groups is 4. The van der Waals surface area contributed by atoms with Crippen molar-refractivity contribution in [1.29, 1.82) is 0 Å². The van der Waals surface area contributed by atoms with Crippen LogP contribution in [0.4, 0.5) is 10.5 Å². The highest BCUT2D eigenvalue weighted by Gasteiger charge is 2.28. The molecule has 166 valence electrons. The number of hydrogen-bond acceptors (Lipinski definition) is 6. The zero-order valence-electron chi connectivity index (χ0n) is 16.7. The fourth-order valence-corrected chi connectivity index (χ4v) is 3.19. The number of halogens is 2. The Hall–Kier alpha value is -3.56. The lowest BCUT2D eigenvalue weighted by Gasteiger charge is -2.16. The molecule has 2 aromatic carbocycles. The molecule has 1 aliphatic heterocycles. The van der Waals surface area contributed by atoms with Gasteiger partial charge in [0.15, 0.2) is 18.1 Å². The topological polar surface area (TPSA) is 123 Å². The third kappa shape index (κ3) is 5.57. The van der Waals surface area contributed by atoms with E-state index in [4.69, 9.17) is 32.7 Å². The second-order valence-corrected chi connectivity index (χ2v) is 7.19. The van der Waals surface area contributed by atoms with Gasteiger partial charge in [0.2, 0.25) is 0 Å². The first-order valence-corrected chi connectivity index (χ1v) is 10.1. The average molecular weight is 478 g/mol. The number of carbonyl (C=O) groups excluding carboxylic acids is 4. The van der Waals surface area contributed by atoms with Crippen LogP contribution in [0.1, 0.15) is 12.5 Å². The van der Waals surface area contributed by atoms with E-state index in [-0.39, 0.29) is 35.3 Å². The average Bonchev–Trinajstić information content (AvgIpc) is 2.72. The van der Waals surface area contributed by atoms with E-state index in [2.05, 4.69) is 5.32 Å². The lowest BCUT2D eigenvalue weighted by molar-refractivity contribution is -0.124. The molecular formula is C21H17Cl2N3O6. The van der Waals surface area contributed by atoms with Crippen LogP contribution in [0.5, 0.6) is 11.5 Å². The Morgan fingerprint density at radius 3 is 2.38 bits per heavy atom. The highest BCUT2D eigenvalue weighted by molar-refractivity contribution is 6.34. The van der Waals surface area contributed by atoms with Gasteiger partial charge in [0.05, 0.1) is 22.3 Å². The van der Waals surface area contributed by atoms with Crippen LogP contribution in [0.15, 0.2) is 42.0 Å². The van der Waals surface area contributed by atoms with Crippen LogP contribution in [0.2, 0.25) is 10.0 Å². The van der Waals surface area contributed by atoms with Gasteiger partial charge >= 0.3 is 6.03 Å². The van der Waals surface area contributed by atoms with Crippen LogP contribution in [0.3, 0.4) is 0 Å². The van der Waals surface area contributed by atoms with Crippen LogP contribution in [-0.4, -0.2) is 37.0 Å². The zero-order chi connectivity index (χ0) is 23.3. The van der Waals surface area contributed by atoms with Crippen molar-refractivity contribution in [2.24, 2.45) is 0 Å². The summed E-state index contributed by atoms with van der Waals surface area (Å²) in [5, 5.41) is 7.05. The van der Waals surface area contributed by atoms with Gasteiger partial charge < -0.3 is 14.8 Å². The Balaban J connectivity index is 1.80. The first-order valence-electron chi connectivity index (χ1n) is 9.30. The normalized spacial score (nSPS) is 13.2. The van der Waals surface area contributed by atoms with Crippen molar-refractivity contribution < 1.29 is 28.7 Å². The fourth-order valence-electron chi connectivity index (χ4n) is 2.73. The molecule has 3 N–H and O–H groups in total. The van der Waals surface area contributed by atoms with Crippen molar-refractivity contribution in [2.75, 3.05) is 18.5 Å². The quantitative estimate of drug-likeness (QED) is 0.415. The first kappa shape index (κ1) is 23.1. The molecular weight excluding hydrogens is 461 g/mol. The number of anilines is 1. The van der Waals surface area contributed by atoms with E-state index >= 15 is 0 Å². The van der Waals surface area contributed by atoms with Crippen LogP contribution < -0.4 is 25.4 Å². The fraction of sp³-hybridized carbons (Fsp3) is 0.143. The van der Waals surface area contributed by atoms with E-state index in [1.165, 1.54) is 18.2 Å². The van der Waals surface area contributed by atoms with Gasteiger partial charge in [-0.25, -0.2) is 4.79 Å². The molecule has 1 aliphatic rings. The third-order valence-electron chi connectivity index (χ3n) is 4.08. The molecule has 3 rings (SSSR count). The van der Waals surface area contributed by atoms with Crippen LogP contribution in [0, 0.1) is 0 Å². The van der Waals surface area contributed by atoms with Gasteiger partial charge in [-0.1, -0.05) is 35.3 Å². The summed E-state index contributed by atoms with van der Waals surface area (Å²) in [6.45, 7) is 1.62. The van der Waals surface area contributed by atoms with Gasteiger partial charge in [-0.2, -0.15) is 0 Å². The minimum atomic E-state index is -0.899. The van der Waals surface area contributed by atoms with Crippen LogP contribution in [-0.2, 0) is 14.4 Å². The summed E-state index contributed by atoms with van der Waals surface area (Å²) in [6, 6.07) is 8.75. The second-order valence-electron chi connectivity index (χ2n) is 6.38. The summed E-state index contributed by atoms with van der Waals surface area (Å²) in [7, 11) is 0. The number of barbiturate groups is 1. The van der Waals surface area contributed by atoms with Gasteiger partial charge in [-0.05, 0) is 42.8 Å². The Morgan fingerprint density at radius 1 is 1.03 bits per heavy atom. The van der Waals surface area contributed by atoms with Gasteiger partial charge in [0.1, 0.15) is 5.57 Å². The SMILES string of the molecule is CCOc1cc(C=C2C(=O)NC(=O)NC2=O)cc(Cl)c1OCC(=O)Nc1ccccc1Cl. The van der Waals surface area contributed by atoms with E-state index in [1.54, 1.807) is 31.2 Å². The Kier molecular flexibility index (Phi) is 7.34. The maximum Gasteiger partial charge on any atom is 0.328 e. The number of ether oxygens (including phenoxy) is 2. The number of para-hydroxylation sites is 1. The molecule has 0 unspecified atom stereocenters. The molecule has 5 amide bonds.